The molecule has 1 N–H and O–H groups in total. The summed E-state index contributed by atoms with van der Waals surface area (Å²) < 4.78 is 38.9. The molecule has 0 amide bonds. The number of nitrogens with zero attached hydrogens (tertiary/aromatic N) is 3. The zero-order valence-electron chi connectivity index (χ0n) is 16.9. The number of benzene rings is 1. The van der Waals surface area contributed by atoms with Crippen LogP contribution in [-0.4, -0.2) is 47.6 Å². The van der Waals surface area contributed by atoms with Crippen LogP contribution >= 0.6 is 0 Å². The zero-order valence-corrected chi connectivity index (χ0v) is 17.7. The molecule has 30 heavy (non-hydrogen) atoms. The van der Waals surface area contributed by atoms with Gasteiger partial charge in [0.2, 0.25) is 10.0 Å². The van der Waals surface area contributed by atoms with Gasteiger partial charge in [0.25, 0.3) is 0 Å². The van der Waals surface area contributed by atoms with E-state index >= 15 is 0 Å². The number of rotatable bonds is 6. The van der Waals surface area contributed by atoms with Gasteiger partial charge in [0.1, 0.15) is 6.67 Å². The molecule has 2 aromatic heterocycles. The quantitative estimate of drug-likeness (QED) is 0.643. The van der Waals surface area contributed by atoms with E-state index in [1.165, 1.54) is 0 Å². The van der Waals surface area contributed by atoms with Crippen molar-refractivity contribution in [1.29, 1.82) is 0 Å². The highest BCUT2D eigenvalue weighted by Gasteiger charge is 2.26. The molecule has 0 atom stereocenters. The van der Waals surface area contributed by atoms with E-state index in [0.717, 1.165) is 40.4 Å². The Bertz CT molecular complexity index is 1140. The first-order valence-electron chi connectivity index (χ1n) is 10.1. The fourth-order valence-electron chi connectivity index (χ4n) is 3.90. The number of sulfonamides is 1. The Morgan fingerprint density at radius 2 is 1.93 bits per heavy atom. The van der Waals surface area contributed by atoms with Crippen molar-refractivity contribution in [2.75, 3.05) is 24.2 Å². The average Bonchev–Trinajstić information content (AvgIpc) is 2.79. The molecule has 0 radical (unpaired) electrons. The summed E-state index contributed by atoms with van der Waals surface area (Å²) in [5.74, 6) is 0.135. The van der Waals surface area contributed by atoms with E-state index in [1.54, 1.807) is 29.7 Å². The normalized spacial score (nSPS) is 16.1. The molecule has 1 fully saturated rings. The monoisotopic (exact) mass is 428 g/mol. The third-order valence-corrected chi connectivity index (χ3v) is 7.50. The summed E-state index contributed by atoms with van der Waals surface area (Å²) in [5, 5.41) is 5.64. The van der Waals surface area contributed by atoms with Crippen LogP contribution < -0.4 is 5.32 Å². The zero-order chi connectivity index (χ0) is 21.1. The number of hydrogen-bond acceptors (Lipinski definition) is 5. The van der Waals surface area contributed by atoms with Crippen LogP contribution in [0.3, 0.4) is 0 Å². The summed E-state index contributed by atoms with van der Waals surface area (Å²) in [6.45, 7) is 2.12. The predicted molar refractivity (Wildman–Crippen MR) is 117 cm³/mol. The Kier molecular flexibility index (Phi) is 5.97. The number of nitrogens with one attached hydrogen (secondary N) is 1. The Morgan fingerprint density at radius 3 is 2.67 bits per heavy atom. The number of pyridine rings is 2. The summed E-state index contributed by atoms with van der Waals surface area (Å²) in [6.07, 6.45) is 6.69. The van der Waals surface area contributed by atoms with Crippen LogP contribution in [0.5, 0.6) is 0 Å². The maximum Gasteiger partial charge on any atom is 0.213 e. The van der Waals surface area contributed by atoms with Gasteiger partial charge in [0, 0.05) is 48.8 Å². The van der Waals surface area contributed by atoms with Gasteiger partial charge >= 0.3 is 0 Å². The summed E-state index contributed by atoms with van der Waals surface area (Å²) in [4.78, 5) is 8.31. The molecule has 3 aromatic rings. The molecular weight excluding hydrogens is 403 g/mol. The van der Waals surface area contributed by atoms with Crippen LogP contribution in [-0.2, 0) is 16.7 Å². The molecule has 8 heteroatoms. The molecule has 0 unspecified atom stereocenters. The maximum atomic E-state index is 13.1. The van der Waals surface area contributed by atoms with E-state index in [9.17, 15) is 12.8 Å². The van der Waals surface area contributed by atoms with Crippen molar-refractivity contribution in [1.82, 2.24) is 14.3 Å². The molecular formula is C22H25FN4O2S. The van der Waals surface area contributed by atoms with Crippen LogP contribution in [0.15, 0.2) is 48.9 Å². The molecule has 3 heterocycles. The first-order chi connectivity index (χ1) is 14.5. The molecule has 6 nitrogen and oxygen atoms in total. The van der Waals surface area contributed by atoms with Crippen molar-refractivity contribution in [2.45, 2.75) is 32.5 Å². The van der Waals surface area contributed by atoms with Crippen molar-refractivity contribution < 1.29 is 12.8 Å². The SMILES string of the molecule is CCS(=O)(=O)N1CCC(Nc2cc(-c3ccnc(CF)c3)cc3ccncc23)CC1. The Morgan fingerprint density at radius 1 is 1.13 bits per heavy atom. The van der Waals surface area contributed by atoms with Crippen LogP contribution in [0.4, 0.5) is 10.1 Å². The number of piperidine rings is 1. The lowest BCUT2D eigenvalue weighted by atomic mass is 9.99. The highest BCUT2D eigenvalue weighted by atomic mass is 32.2. The van der Waals surface area contributed by atoms with Gasteiger partial charge < -0.3 is 5.32 Å². The molecule has 1 aliphatic heterocycles. The molecule has 1 aromatic carbocycles. The van der Waals surface area contributed by atoms with Gasteiger partial charge in [0.15, 0.2) is 0 Å². The first-order valence-corrected chi connectivity index (χ1v) is 11.7. The number of hydrogen-bond donors (Lipinski definition) is 1. The van der Waals surface area contributed by atoms with Crippen LogP contribution in [0.1, 0.15) is 25.5 Å². The second-order valence-electron chi connectivity index (χ2n) is 7.51. The van der Waals surface area contributed by atoms with Crippen LogP contribution in [0.2, 0.25) is 0 Å². The molecule has 4 rings (SSSR count). The molecule has 0 bridgehead atoms. The van der Waals surface area contributed by atoms with Crippen molar-refractivity contribution in [3.63, 3.8) is 0 Å². The van der Waals surface area contributed by atoms with E-state index < -0.39 is 16.7 Å². The summed E-state index contributed by atoms with van der Waals surface area (Å²) in [5.41, 5.74) is 3.23. The number of halogens is 1. The fraction of sp³-hybridized carbons (Fsp3) is 0.364. The van der Waals surface area contributed by atoms with Gasteiger partial charge in [-0.1, -0.05) is 0 Å². The first kappa shape index (κ1) is 20.7. The minimum Gasteiger partial charge on any atom is -0.382 e. The molecule has 0 aliphatic carbocycles. The number of fused-ring (bicyclic) bond motifs is 1. The molecule has 158 valence electrons. The van der Waals surface area contributed by atoms with Crippen molar-refractivity contribution in [2.24, 2.45) is 0 Å². The van der Waals surface area contributed by atoms with Gasteiger partial charge in [-0.3, -0.25) is 9.97 Å². The second kappa shape index (κ2) is 8.65. The number of alkyl halides is 1. The summed E-state index contributed by atoms with van der Waals surface area (Å²) >= 11 is 0. The van der Waals surface area contributed by atoms with Crippen molar-refractivity contribution >= 4 is 26.5 Å². The Labute approximate surface area is 176 Å². The lowest BCUT2D eigenvalue weighted by molar-refractivity contribution is 0.330. The van der Waals surface area contributed by atoms with Gasteiger partial charge in [-0.05, 0) is 66.6 Å². The second-order valence-corrected chi connectivity index (χ2v) is 9.77. The maximum absolute atomic E-state index is 13.1. The minimum absolute atomic E-state index is 0.135. The van der Waals surface area contributed by atoms with Crippen molar-refractivity contribution in [3.8, 4) is 11.1 Å². The Balaban J connectivity index is 1.62. The van der Waals surface area contributed by atoms with E-state index in [2.05, 4.69) is 27.4 Å². The van der Waals surface area contributed by atoms with Gasteiger partial charge in [-0.2, -0.15) is 0 Å². The van der Waals surface area contributed by atoms with Gasteiger partial charge in [0.05, 0.1) is 11.4 Å². The predicted octanol–water partition coefficient (Wildman–Crippen LogP) is 3.99. The standard InChI is InChI=1S/C22H25FN4O2S/c1-2-30(28,29)27-9-5-19(6-10-27)26-22-13-18(11-17-3-7-24-15-21(17)22)16-4-8-25-20(12-16)14-23/h3-4,7-8,11-13,15,19,26H,2,5-6,9-10,14H2,1H3. The Hall–Kier alpha value is -2.58. The highest BCUT2D eigenvalue weighted by Crippen LogP contribution is 2.32. The highest BCUT2D eigenvalue weighted by molar-refractivity contribution is 7.89. The molecule has 0 spiro atoms. The summed E-state index contributed by atoms with van der Waals surface area (Å²) in [6, 6.07) is 9.88. The minimum atomic E-state index is -3.14. The topological polar surface area (TPSA) is 75.2 Å². The van der Waals surface area contributed by atoms with Gasteiger partial charge in [-0.15, -0.1) is 0 Å². The molecule has 0 saturated carbocycles. The molecule has 1 saturated heterocycles. The van der Waals surface area contributed by atoms with Crippen molar-refractivity contribution in [3.05, 3.63) is 54.6 Å². The summed E-state index contributed by atoms with van der Waals surface area (Å²) in [7, 11) is -3.14. The van der Waals surface area contributed by atoms with E-state index in [1.807, 2.05) is 18.3 Å². The lowest BCUT2D eigenvalue weighted by Crippen LogP contribution is -2.42. The van der Waals surface area contributed by atoms with Gasteiger partial charge in [-0.25, -0.2) is 17.1 Å². The van der Waals surface area contributed by atoms with E-state index in [0.29, 0.717) is 18.8 Å². The van der Waals surface area contributed by atoms with E-state index in [4.69, 9.17) is 0 Å². The third kappa shape index (κ3) is 4.29. The number of aromatic nitrogens is 2. The lowest BCUT2D eigenvalue weighted by Gasteiger charge is -2.32. The van der Waals surface area contributed by atoms with Crippen LogP contribution in [0, 0.1) is 0 Å². The average molecular weight is 429 g/mol. The fourth-order valence-corrected chi connectivity index (χ4v) is 5.03. The third-order valence-electron chi connectivity index (χ3n) is 5.61. The van der Waals surface area contributed by atoms with E-state index in [-0.39, 0.29) is 11.8 Å². The smallest absolute Gasteiger partial charge is 0.213 e. The molecule has 1 aliphatic rings. The number of anilines is 1. The van der Waals surface area contributed by atoms with Crippen LogP contribution in [0.25, 0.3) is 21.9 Å². The largest absolute Gasteiger partial charge is 0.382 e.